The first kappa shape index (κ1) is 26.3. The Bertz CT molecular complexity index is 1440. The van der Waals surface area contributed by atoms with Crippen molar-refractivity contribution in [1.82, 2.24) is 5.32 Å². The summed E-state index contributed by atoms with van der Waals surface area (Å²) in [5.41, 5.74) is 2.24. The summed E-state index contributed by atoms with van der Waals surface area (Å²) in [5.74, 6) is 1.56. The molecule has 0 radical (unpaired) electrons. The maximum Gasteiger partial charge on any atom is 0.413 e. The lowest BCUT2D eigenvalue weighted by atomic mass is 9.95. The van der Waals surface area contributed by atoms with Crippen LogP contribution in [0.1, 0.15) is 23.6 Å². The molecule has 0 heterocycles. The molecule has 0 saturated carbocycles. The molecule has 4 rings (SSSR count). The highest BCUT2D eigenvalue weighted by Gasteiger charge is 2.30. The summed E-state index contributed by atoms with van der Waals surface area (Å²) < 4.78 is 27.5. The Balaban J connectivity index is 1.79. The Morgan fingerprint density at radius 1 is 0.921 bits per heavy atom. The van der Waals surface area contributed by atoms with Crippen LogP contribution in [-0.4, -0.2) is 39.5 Å². The fourth-order valence-electron chi connectivity index (χ4n) is 4.53. The van der Waals surface area contributed by atoms with Gasteiger partial charge < -0.3 is 29.0 Å². The molecule has 1 aliphatic rings. The smallest absolute Gasteiger partial charge is 0.413 e. The largest absolute Gasteiger partial charge is 0.493 e. The third kappa shape index (κ3) is 5.03. The normalized spacial score (nSPS) is 13.7. The molecule has 0 aliphatic heterocycles. The van der Waals surface area contributed by atoms with Gasteiger partial charge in [0.2, 0.25) is 11.2 Å². The van der Waals surface area contributed by atoms with E-state index in [0.29, 0.717) is 46.8 Å². The molecule has 11 nitrogen and oxygen atoms in total. The number of nitro benzene ring substituents is 1. The summed E-state index contributed by atoms with van der Waals surface area (Å²) in [7, 11) is 5.96. The van der Waals surface area contributed by atoms with Crippen LogP contribution in [0, 0.1) is 10.1 Å². The van der Waals surface area contributed by atoms with E-state index in [1.165, 1.54) is 58.8 Å². The number of amides is 1. The lowest BCUT2D eigenvalue weighted by molar-refractivity contribution is -0.384. The van der Waals surface area contributed by atoms with Crippen LogP contribution in [0.4, 0.5) is 10.5 Å². The third-order valence-electron chi connectivity index (χ3n) is 6.27. The van der Waals surface area contributed by atoms with Gasteiger partial charge in [-0.25, -0.2) is 4.79 Å². The van der Waals surface area contributed by atoms with Gasteiger partial charge in [0.25, 0.3) is 5.69 Å². The number of carbonyl (C=O) groups excluding carboxylic acids is 1. The Morgan fingerprint density at radius 3 is 2.21 bits per heavy atom. The van der Waals surface area contributed by atoms with Crippen molar-refractivity contribution >= 4 is 11.8 Å². The van der Waals surface area contributed by atoms with Gasteiger partial charge in [0.1, 0.15) is 5.75 Å². The van der Waals surface area contributed by atoms with Crippen LogP contribution < -0.4 is 34.4 Å². The second-order valence-electron chi connectivity index (χ2n) is 8.33. The minimum Gasteiger partial charge on any atom is -0.493 e. The first-order valence-electron chi connectivity index (χ1n) is 11.6. The molecule has 0 unspecified atom stereocenters. The van der Waals surface area contributed by atoms with Crippen molar-refractivity contribution in [3.63, 3.8) is 0 Å². The van der Waals surface area contributed by atoms with Gasteiger partial charge in [-0.05, 0) is 59.9 Å². The number of non-ortho nitro benzene ring substituents is 1. The second kappa shape index (κ2) is 11.1. The number of nitro groups is 1. The molecule has 1 amide bonds. The van der Waals surface area contributed by atoms with Gasteiger partial charge in [0.15, 0.2) is 17.2 Å². The van der Waals surface area contributed by atoms with Crippen molar-refractivity contribution in [3.8, 4) is 39.9 Å². The van der Waals surface area contributed by atoms with Crippen LogP contribution in [0.15, 0.2) is 53.3 Å². The van der Waals surface area contributed by atoms with Crippen molar-refractivity contribution in [2.75, 3.05) is 28.4 Å². The predicted octanol–water partition coefficient (Wildman–Crippen LogP) is 4.43. The second-order valence-corrected chi connectivity index (χ2v) is 8.33. The van der Waals surface area contributed by atoms with E-state index in [1.807, 2.05) is 6.07 Å². The number of benzene rings is 2. The van der Waals surface area contributed by atoms with Crippen molar-refractivity contribution in [2.45, 2.75) is 18.9 Å². The van der Waals surface area contributed by atoms with Crippen LogP contribution in [0.2, 0.25) is 0 Å². The van der Waals surface area contributed by atoms with Gasteiger partial charge in [-0.15, -0.1) is 0 Å². The van der Waals surface area contributed by atoms with Crippen molar-refractivity contribution in [2.24, 2.45) is 0 Å². The van der Waals surface area contributed by atoms with E-state index in [-0.39, 0.29) is 22.6 Å². The van der Waals surface area contributed by atoms with Crippen molar-refractivity contribution < 1.29 is 33.4 Å². The number of aryl methyl sites for hydroxylation is 1. The molecule has 1 atom stereocenters. The summed E-state index contributed by atoms with van der Waals surface area (Å²) in [5, 5.41) is 13.7. The van der Waals surface area contributed by atoms with E-state index >= 15 is 0 Å². The molecular formula is C27H26N2O9. The Kier molecular flexibility index (Phi) is 7.66. The molecule has 0 aromatic heterocycles. The fraction of sp³-hybridized carbons (Fsp3) is 0.259. The molecule has 0 saturated heterocycles. The predicted molar refractivity (Wildman–Crippen MR) is 138 cm³/mol. The summed E-state index contributed by atoms with van der Waals surface area (Å²) in [6.07, 6.45) is 0.131. The highest BCUT2D eigenvalue weighted by atomic mass is 16.6. The molecule has 1 N–H and O–H groups in total. The number of nitrogens with one attached hydrogen (secondary N) is 1. The topological polar surface area (TPSA) is 135 Å². The SMILES string of the molecule is COc1cc2c(c(OC)c1OC)-c1ccc(OC)c(=O)cc1[C@@H](NC(=O)Oc1ccc([N+](=O)[O-])cc1)CC2. The number of methoxy groups -OCH3 is 4. The first-order chi connectivity index (χ1) is 18.3. The van der Waals surface area contributed by atoms with E-state index in [0.717, 1.165) is 5.56 Å². The van der Waals surface area contributed by atoms with Gasteiger partial charge >= 0.3 is 6.09 Å². The summed E-state index contributed by atoms with van der Waals surface area (Å²) in [4.78, 5) is 36.2. The molecule has 1 aliphatic carbocycles. The van der Waals surface area contributed by atoms with Crippen molar-refractivity contribution in [1.29, 1.82) is 0 Å². The number of rotatable bonds is 7. The zero-order chi connectivity index (χ0) is 27.4. The van der Waals surface area contributed by atoms with Gasteiger partial charge in [-0.3, -0.25) is 14.9 Å². The van der Waals surface area contributed by atoms with Gasteiger partial charge in [0.05, 0.1) is 39.4 Å². The molecule has 3 aromatic rings. The van der Waals surface area contributed by atoms with Crippen LogP contribution >= 0.6 is 0 Å². The summed E-state index contributed by atoms with van der Waals surface area (Å²) >= 11 is 0. The highest BCUT2D eigenvalue weighted by Crippen LogP contribution is 2.50. The molecule has 0 bridgehead atoms. The van der Waals surface area contributed by atoms with Crippen LogP contribution in [0.3, 0.4) is 0 Å². The van der Waals surface area contributed by atoms with Gasteiger partial charge in [-0.1, -0.05) is 6.07 Å². The first-order valence-corrected chi connectivity index (χ1v) is 11.6. The number of hydrogen-bond acceptors (Lipinski definition) is 9. The van der Waals surface area contributed by atoms with E-state index in [1.54, 1.807) is 12.1 Å². The molecule has 0 spiro atoms. The number of fused-ring (bicyclic) bond motifs is 3. The minimum absolute atomic E-state index is 0.127. The lowest BCUT2D eigenvalue weighted by Gasteiger charge is -2.19. The van der Waals surface area contributed by atoms with Gasteiger partial charge in [-0.2, -0.15) is 0 Å². The highest BCUT2D eigenvalue weighted by molar-refractivity contribution is 5.83. The summed E-state index contributed by atoms with van der Waals surface area (Å²) in [6, 6.07) is 11.1. The standard InChI is InChI=1S/C27H26N2O9/c1-34-22-12-10-18-19(14-21(22)30)20(28-27(31)38-17-8-6-16(7-9-17)29(32)33)11-5-15-13-23(35-2)25(36-3)26(37-4)24(15)18/h6-10,12-14,20H,5,11H2,1-4H3,(H,28,31)/t20-/m0/s1. The third-order valence-corrected chi connectivity index (χ3v) is 6.27. The number of ether oxygens (including phenoxy) is 5. The molecule has 198 valence electrons. The zero-order valence-corrected chi connectivity index (χ0v) is 21.2. The Morgan fingerprint density at radius 2 is 1.61 bits per heavy atom. The van der Waals surface area contributed by atoms with E-state index in [4.69, 9.17) is 23.7 Å². The van der Waals surface area contributed by atoms with Crippen LogP contribution in [0.25, 0.3) is 11.1 Å². The number of nitrogens with zero attached hydrogens (tertiary/aromatic N) is 1. The molecule has 38 heavy (non-hydrogen) atoms. The Hall–Kier alpha value is -4.80. The fourth-order valence-corrected chi connectivity index (χ4v) is 4.53. The zero-order valence-electron chi connectivity index (χ0n) is 21.2. The molecule has 11 heteroatoms. The average Bonchev–Trinajstić information content (AvgIpc) is 3.16. The van der Waals surface area contributed by atoms with Crippen molar-refractivity contribution in [3.05, 3.63) is 80.0 Å². The van der Waals surface area contributed by atoms with Gasteiger partial charge in [0, 0.05) is 17.7 Å². The quantitative estimate of drug-likeness (QED) is 0.353. The summed E-state index contributed by atoms with van der Waals surface area (Å²) in [6.45, 7) is 0. The lowest BCUT2D eigenvalue weighted by Crippen LogP contribution is -2.31. The number of hydrogen-bond donors (Lipinski definition) is 1. The molecule has 0 fully saturated rings. The molecular weight excluding hydrogens is 496 g/mol. The minimum atomic E-state index is -0.784. The molecule has 3 aromatic carbocycles. The van der Waals surface area contributed by atoms with E-state index in [9.17, 15) is 19.7 Å². The van der Waals surface area contributed by atoms with Crippen LogP contribution in [-0.2, 0) is 6.42 Å². The average molecular weight is 523 g/mol. The Labute approximate surface area is 218 Å². The maximum absolute atomic E-state index is 12.9. The van der Waals surface area contributed by atoms with E-state index in [2.05, 4.69) is 5.32 Å². The monoisotopic (exact) mass is 522 g/mol. The number of carbonyl (C=O) groups is 1. The van der Waals surface area contributed by atoms with Crippen LogP contribution in [0.5, 0.6) is 28.7 Å². The van der Waals surface area contributed by atoms with E-state index < -0.39 is 17.1 Å². The maximum atomic E-state index is 12.9.